The van der Waals surface area contributed by atoms with E-state index in [0.717, 1.165) is 11.8 Å². The van der Waals surface area contributed by atoms with Crippen LogP contribution in [0.15, 0.2) is 18.2 Å². The molecule has 1 nitrogen and oxygen atoms in total. The fourth-order valence-corrected chi connectivity index (χ4v) is 4.67. The maximum atomic E-state index is 13.9. The minimum atomic E-state index is -0.218. The summed E-state index contributed by atoms with van der Waals surface area (Å²) < 4.78 is 13.9. The lowest BCUT2D eigenvalue weighted by molar-refractivity contribution is 0.117. The maximum absolute atomic E-state index is 13.9. The largest absolute Gasteiger partial charge is 0.327 e. The average molecular weight is 310 g/mol. The number of benzene rings is 1. The van der Waals surface area contributed by atoms with Gasteiger partial charge < -0.3 is 5.73 Å². The van der Waals surface area contributed by atoms with Gasteiger partial charge in [0.2, 0.25) is 0 Å². The van der Waals surface area contributed by atoms with Gasteiger partial charge in [0.15, 0.2) is 0 Å². The molecule has 0 aromatic heterocycles. The van der Waals surface area contributed by atoms with Crippen LogP contribution in [0.2, 0.25) is 5.02 Å². The van der Waals surface area contributed by atoms with Crippen LogP contribution in [-0.2, 0) is 6.42 Å². The van der Waals surface area contributed by atoms with Crippen LogP contribution >= 0.6 is 11.6 Å². The van der Waals surface area contributed by atoms with Crippen LogP contribution < -0.4 is 5.73 Å². The van der Waals surface area contributed by atoms with E-state index in [9.17, 15) is 4.39 Å². The van der Waals surface area contributed by atoms with Crippen molar-refractivity contribution in [1.82, 2.24) is 0 Å². The lowest BCUT2D eigenvalue weighted by Gasteiger charge is -2.41. The van der Waals surface area contributed by atoms with Crippen LogP contribution in [0, 0.1) is 23.6 Å². The van der Waals surface area contributed by atoms with Crippen LogP contribution in [0.25, 0.3) is 0 Å². The van der Waals surface area contributed by atoms with Gasteiger partial charge in [-0.05, 0) is 55.6 Å². The van der Waals surface area contributed by atoms with Gasteiger partial charge in [0.1, 0.15) is 5.82 Å². The van der Waals surface area contributed by atoms with E-state index < -0.39 is 0 Å². The first-order valence-corrected chi connectivity index (χ1v) is 8.71. The normalized spacial score (nSPS) is 30.7. The van der Waals surface area contributed by atoms with E-state index in [1.807, 2.05) is 0 Å². The third-order valence-electron chi connectivity index (χ3n) is 5.69. The van der Waals surface area contributed by atoms with E-state index in [-0.39, 0.29) is 11.9 Å². The Morgan fingerprint density at radius 1 is 1.14 bits per heavy atom. The lowest BCUT2D eigenvalue weighted by Crippen LogP contribution is -2.39. The van der Waals surface area contributed by atoms with Gasteiger partial charge in [-0.1, -0.05) is 43.4 Å². The van der Waals surface area contributed by atoms with Crippen molar-refractivity contribution in [3.63, 3.8) is 0 Å². The van der Waals surface area contributed by atoms with Crippen LogP contribution in [0.5, 0.6) is 0 Å². The zero-order valence-corrected chi connectivity index (χ0v) is 13.3. The topological polar surface area (TPSA) is 26.0 Å². The van der Waals surface area contributed by atoms with E-state index in [0.29, 0.717) is 22.9 Å². The minimum absolute atomic E-state index is 0.0299. The molecule has 4 unspecified atom stereocenters. The summed E-state index contributed by atoms with van der Waals surface area (Å²) in [6.45, 7) is 0. The molecule has 2 aliphatic rings. The molecule has 2 N–H and O–H groups in total. The van der Waals surface area contributed by atoms with Crippen LogP contribution in [0.3, 0.4) is 0 Å². The molecule has 2 aliphatic carbocycles. The third kappa shape index (κ3) is 3.43. The minimum Gasteiger partial charge on any atom is -0.327 e. The quantitative estimate of drug-likeness (QED) is 0.839. The molecule has 116 valence electrons. The number of rotatable bonds is 3. The highest BCUT2D eigenvalue weighted by Gasteiger charge is 2.34. The zero-order chi connectivity index (χ0) is 14.8. The lowest BCUT2D eigenvalue weighted by atomic mass is 9.66. The van der Waals surface area contributed by atoms with E-state index in [4.69, 9.17) is 17.3 Å². The molecular weight excluding hydrogens is 285 g/mol. The summed E-state index contributed by atoms with van der Waals surface area (Å²) in [6.07, 6.45) is 9.87. The summed E-state index contributed by atoms with van der Waals surface area (Å²) in [6, 6.07) is 4.92. The number of halogens is 2. The van der Waals surface area contributed by atoms with Gasteiger partial charge >= 0.3 is 0 Å². The molecule has 0 spiro atoms. The summed E-state index contributed by atoms with van der Waals surface area (Å²) >= 11 is 6.13. The molecule has 2 fully saturated rings. The van der Waals surface area contributed by atoms with Gasteiger partial charge in [0, 0.05) is 16.6 Å². The van der Waals surface area contributed by atoms with Crippen molar-refractivity contribution in [2.24, 2.45) is 23.5 Å². The average Bonchev–Trinajstić information content (AvgIpc) is 2.50. The first-order chi connectivity index (χ1) is 10.1. The molecule has 0 bridgehead atoms. The highest BCUT2D eigenvalue weighted by molar-refractivity contribution is 6.31. The fourth-order valence-electron chi connectivity index (χ4n) is 4.43. The molecule has 2 saturated carbocycles. The monoisotopic (exact) mass is 309 g/mol. The second-order valence-electron chi connectivity index (χ2n) is 6.95. The molecule has 1 aromatic rings. The zero-order valence-electron chi connectivity index (χ0n) is 12.5. The highest BCUT2D eigenvalue weighted by Crippen LogP contribution is 2.43. The Bertz CT molecular complexity index is 470. The predicted molar refractivity (Wildman–Crippen MR) is 85.9 cm³/mol. The number of nitrogens with two attached hydrogens (primary N) is 1. The van der Waals surface area contributed by atoms with E-state index >= 15 is 0 Å². The van der Waals surface area contributed by atoms with Gasteiger partial charge in [0.25, 0.3) is 0 Å². The van der Waals surface area contributed by atoms with Crippen LogP contribution in [0.1, 0.15) is 50.5 Å². The van der Waals surface area contributed by atoms with Gasteiger partial charge in [0.05, 0.1) is 0 Å². The SMILES string of the molecule is NC(Cc1c(F)cccc1Cl)C1CCC2CCCCC2C1. The molecule has 4 atom stereocenters. The van der Waals surface area contributed by atoms with Crippen molar-refractivity contribution >= 4 is 11.6 Å². The standard InChI is InChI=1S/C18H25ClFN/c19-16-6-3-7-17(20)15(16)11-18(21)14-9-8-12-4-1-2-5-13(12)10-14/h3,6-7,12-14,18H,1-2,4-5,8-11,21H2. The number of fused-ring (bicyclic) bond motifs is 1. The molecule has 0 amide bonds. The van der Waals surface area contributed by atoms with Crippen molar-refractivity contribution in [2.45, 2.75) is 57.4 Å². The Balaban J connectivity index is 1.64. The van der Waals surface area contributed by atoms with Gasteiger partial charge in [-0.3, -0.25) is 0 Å². The van der Waals surface area contributed by atoms with E-state index in [1.165, 1.54) is 51.0 Å². The third-order valence-corrected chi connectivity index (χ3v) is 6.04. The summed E-state index contributed by atoms with van der Waals surface area (Å²) in [5.41, 5.74) is 7.01. The van der Waals surface area contributed by atoms with Crippen molar-refractivity contribution in [3.8, 4) is 0 Å². The fraction of sp³-hybridized carbons (Fsp3) is 0.667. The Morgan fingerprint density at radius 2 is 1.90 bits per heavy atom. The summed E-state index contributed by atoms with van der Waals surface area (Å²) in [4.78, 5) is 0. The first kappa shape index (κ1) is 15.3. The van der Waals surface area contributed by atoms with Crippen LogP contribution in [0.4, 0.5) is 4.39 Å². The molecule has 0 heterocycles. The summed E-state index contributed by atoms with van der Waals surface area (Å²) in [5, 5.41) is 0.511. The molecule has 21 heavy (non-hydrogen) atoms. The first-order valence-electron chi connectivity index (χ1n) is 8.33. The predicted octanol–water partition coefficient (Wildman–Crippen LogP) is 4.96. The number of hydrogen-bond acceptors (Lipinski definition) is 1. The van der Waals surface area contributed by atoms with E-state index in [1.54, 1.807) is 12.1 Å². The van der Waals surface area contributed by atoms with Gasteiger partial charge in [-0.2, -0.15) is 0 Å². The summed E-state index contributed by atoms with van der Waals surface area (Å²) in [7, 11) is 0. The molecule has 0 saturated heterocycles. The van der Waals surface area contributed by atoms with Crippen molar-refractivity contribution in [1.29, 1.82) is 0 Å². The smallest absolute Gasteiger partial charge is 0.127 e. The molecule has 3 rings (SSSR count). The summed E-state index contributed by atoms with van der Waals surface area (Å²) in [5.74, 6) is 2.10. The Morgan fingerprint density at radius 3 is 2.67 bits per heavy atom. The van der Waals surface area contributed by atoms with Gasteiger partial charge in [-0.15, -0.1) is 0 Å². The Kier molecular flexibility index (Phi) is 4.85. The van der Waals surface area contributed by atoms with Gasteiger partial charge in [-0.25, -0.2) is 4.39 Å². The molecule has 0 radical (unpaired) electrons. The Hall–Kier alpha value is -0.600. The molecular formula is C18H25ClFN. The maximum Gasteiger partial charge on any atom is 0.127 e. The second kappa shape index (κ2) is 6.66. The van der Waals surface area contributed by atoms with Crippen molar-refractivity contribution < 1.29 is 4.39 Å². The number of hydrogen-bond donors (Lipinski definition) is 1. The van der Waals surface area contributed by atoms with Crippen molar-refractivity contribution in [3.05, 3.63) is 34.6 Å². The van der Waals surface area contributed by atoms with E-state index in [2.05, 4.69) is 0 Å². The molecule has 1 aromatic carbocycles. The molecule has 3 heteroatoms. The molecule has 0 aliphatic heterocycles. The highest BCUT2D eigenvalue weighted by atomic mass is 35.5. The Labute approximate surface area is 132 Å². The van der Waals surface area contributed by atoms with Crippen molar-refractivity contribution in [2.75, 3.05) is 0 Å². The second-order valence-corrected chi connectivity index (χ2v) is 7.35. The van der Waals surface area contributed by atoms with Crippen LogP contribution in [-0.4, -0.2) is 6.04 Å².